The maximum Gasteiger partial charge on any atom is 0.416 e. The lowest BCUT2D eigenvalue weighted by Gasteiger charge is -2.05. The summed E-state index contributed by atoms with van der Waals surface area (Å²) in [5.74, 6) is -2.47. The van der Waals surface area contributed by atoms with Gasteiger partial charge in [0, 0.05) is 11.1 Å². The van der Waals surface area contributed by atoms with Gasteiger partial charge in [0.25, 0.3) is 0 Å². The second-order valence-electron chi connectivity index (χ2n) is 4.16. The summed E-state index contributed by atoms with van der Waals surface area (Å²) < 4.78 is 95.6. The maximum absolute atomic E-state index is 12.2. The maximum atomic E-state index is 12.2. The molecule has 9 heteroatoms. The molecule has 0 heterocycles. The Bertz CT molecular complexity index is 640. The number of alkyl halides is 6. The van der Waals surface area contributed by atoms with Gasteiger partial charge in [0.15, 0.2) is 0 Å². The summed E-state index contributed by atoms with van der Waals surface area (Å²) in [6.07, 6.45) is -9.01. The van der Waals surface area contributed by atoms with Crippen LogP contribution in [0.15, 0.2) is 42.5 Å². The molecule has 0 aromatic heterocycles. The van der Waals surface area contributed by atoms with Gasteiger partial charge in [-0.2, -0.15) is 26.3 Å². The van der Waals surface area contributed by atoms with Gasteiger partial charge < -0.3 is 0 Å². The zero-order valence-corrected chi connectivity index (χ0v) is 11.7. The lowest BCUT2D eigenvalue weighted by molar-refractivity contribution is -0.138. The largest absolute Gasteiger partial charge is 0.416 e. The lowest BCUT2D eigenvalue weighted by Crippen LogP contribution is -2.05. The SMILES string of the molecule is FC(F)(F)c1cccc(Cl)c1.Fc1cc(F)cc(C(F)(F)F)c1. The number of rotatable bonds is 0. The molecule has 0 spiro atoms. The fourth-order valence-electron chi connectivity index (χ4n) is 1.38. The first-order chi connectivity index (χ1) is 10.4. The molecule has 0 bridgehead atoms. The predicted molar refractivity (Wildman–Crippen MR) is 67.8 cm³/mol. The van der Waals surface area contributed by atoms with Gasteiger partial charge in [0.2, 0.25) is 0 Å². The van der Waals surface area contributed by atoms with Crippen molar-refractivity contribution in [1.29, 1.82) is 0 Å². The predicted octanol–water partition coefficient (Wildman–Crippen LogP) is 6.34. The van der Waals surface area contributed by atoms with Crippen molar-refractivity contribution in [2.75, 3.05) is 0 Å². The molecule has 0 saturated heterocycles. The van der Waals surface area contributed by atoms with Crippen LogP contribution in [0.1, 0.15) is 11.1 Å². The van der Waals surface area contributed by atoms with Gasteiger partial charge in [-0.3, -0.25) is 0 Å². The standard InChI is InChI=1S/C7H4ClF3.C7H3F5/c8-6-3-1-2-5(4-6)7(9,10)11;8-5-1-4(7(10,11)12)2-6(9)3-5/h1-4H;1-3H. The Morgan fingerprint density at radius 2 is 1.13 bits per heavy atom. The van der Waals surface area contributed by atoms with E-state index in [1.165, 1.54) is 12.1 Å². The Balaban J connectivity index is 0.000000231. The van der Waals surface area contributed by atoms with Crippen molar-refractivity contribution in [2.45, 2.75) is 12.4 Å². The monoisotopic (exact) mass is 362 g/mol. The van der Waals surface area contributed by atoms with Crippen molar-refractivity contribution in [3.05, 3.63) is 70.2 Å². The molecule has 0 radical (unpaired) electrons. The zero-order valence-electron chi connectivity index (χ0n) is 10.9. The van der Waals surface area contributed by atoms with Crippen molar-refractivity contribution in [3.8, 4) is 0 Å². The zero-order chi connectivity index (χ0) is 17.8. The van der Waals surface area contributed by atoms with Gasteiger partial charge in [-0.1, -0.05) is 17.7 Å². The van der Waals surface area contributed by atoms with Gasteiger partial charge >= 0.3 is 12.4 Å². The van der Waals surface area contributed by atoms with Crippen LogP contribution in [0.3, 0.4) is 0 Å². The summed E-state index contributed by atoms with van der Waals surface area (Å²) in [7, 11) is 0. The summed E-state index contributed by atoms with van der Waals surface area (Å²) in [4.78, 5) is 0. The molecule has 2 aromatic rings. The van der Waals surface area contributed by atoms with Gasteiger partial charge in [-0.25, -0.2) is 8.78 Å². The van der Waals surface area contributed by atoms with Crippen LogP contribution in [0.25, 0.3) is 0 Å². The van der Waals surface area contributed by atoms with Gasteiger partial charge in [0.05, 0.1) is 11.1 Å². The molecule has 0 unspecified atom stereocenters. The van der Waals surface area contributed by atoms with Crippen LogP contribution in [-0.4, -0.2) is 0 Å². The van der Waals surface area contributed by atoms with Crippen LogP contribution in [0.2, 0.25) is 5.02 Å². The third-order valence-electron chi connectivity index (χ3n) is 2.34. The van der Waals surface area contributed by atoms with E-state index in [-0.39, 0.29) is 17.2 Å². The van der Waals surface area contributed by atoms with E-state index in [1.807, 2.05) is 0 Å². The van der Waals surface area contributed by atoms with Crippen LogP contribution < -0.4 is 0 Å². The molecule has 0 amide bonds. The van der Waals surface area contributed by atoms with E-state index < -0.39 is 35.1 Å². The molecular weight excluding hydrogens is 356 g/mol. The Kier molecular flexibility index (Phi) is 5.98. The van der Waals surface area contributed by atoms with Crippen molar-refractivity contribution in [2.24, 2.45) is 0 Å². The molecule has 0 aliphatic carbocycles. The number of hydrogen-bond donors (Lipinski definition) is 0. The van der Waals surface area contributed by atoms with Gasteiger partial charge in [-0.15, -0.1) is 0 Å². The average molecular weight is 363 g/mol. The van der Waals surface area contributed by atoms with Crippen LogP contribution in [0, 0.1) is 11.6 Å². The van der Waals surface area contributed by atoms with E-state index in [0.29, 0.717) is 6.07 Å². The molecule has 0 saturated carbocycles. The molecule has 2 rings (SSSR count). The summed E-state index contributed by atoms with van der Waals surface area (Å²) in [6, 6.07) is 5.40. The van der Waals surface area contributed by atoms with Crippen LogP contribution in [-0.2, 0) is 12.4 Å². The lowest BCUT2D eigenvalue weighted by atomic mass is 10.2. The molecule has 0 aliphatic rings. The van der Waals surface area contributed by atoms with E-state index in [9.17, 15) is 35.1 Å². The highest BCUT2D eigenvalue weighted by Gasteiger charge is 2.31. The highest BCUT2D eigenvalue weighted by atomic mass is 35.5. The first kappa shape index (κ1) is 19.2. The summed E-state index contributed by atoms with van der Waals surface area (Å²) in [5.41, 5.74) is -2.04. The number of hydrogen-bond acceptors (Lipinski definition) is 0. The third-order valence-corrected chi connectivity index (χ3v) is 2.58. The first-order valence-electron chi connectivity index (χ1n) is 5.75. The summed E-state index contributed by atoms with van der Waals surface area (Å²) in [6.45, 7) is 0. The average Bonchev–Trinajstić information content (AvgIpc) is 2.36. The van der Waals surface area contributed by atoms with E-state index in [1.54, 1.807) is 0 Å². The second-order valence-corrected chi connectivity index (χ2v) is 4.60. The summed E-state index contributed by atoms with van der Waals surface area (Å²) >= 11 is 5.35. The molecular formula is C14H7ClF8. The highest BCUT2D eigenvalue weighted by Crippen LogP contribution is 2.31. The minimum absolute atomic E-state index is 0.0971. The molecule has 23 heavy (non-hydrogen) atoms. The Labute approximate surface area is 130 Å². The third kappa shape index (κ3) is 6.43. The van der Waals surface area contributed by atoms with Gasteiger partial charge in [-0.05, 0) is 30.3 Å². The molecule has 0 aliphatic heterocycles. The minimum Gasteiger partial charge on any atom is -0.207 e. The second kappa shape index (κ2) is 7.16. The van der Waals surface area contributed by atoms with E-state index in [4.69, 9.17) is 11.6 Å². The molecule has 0 nitrogen and oxygen atoms in total. The number of benzene rings is 2. The fraction of sp³-hybridized carbons (Fsp3) is 0.143. The first-order valence-corrected chi connectivity index (χ1v) is 6.13. The Hall–Kier alpha value is -1.83. The van der Waals surface area contributed by atoms with Crippen molar-refractivity contribution >= 4 is 11.6 Å². The van der Waals surface area contributed by atoms with E-state index in [2.05, 4.69) is 0 Å². The molecule has 0 fully saturated rings. The highest BCUT2D eigenvalue weighted by molar-refractivity contribution is 6.30. The molecule has 0 N–H and O–H groups in total. The summed E-state index contributed by atoms with van der Waals surface area (Å²) in [5, 5.41) is 0.0971. The fourth-order valence-corrected chi connectivity index (χ4v) is 1.57. The van der Waals surface area contributed by atoms with E-state index in [0.717, 1.165) is 12.1 Å². The molecule has 2 aromatic carbocycles. The molecule has 126 valence electrons. The van der Waals surface area contributed by atoms with Gasteiger partial charge in [0.1, 0.15) is 11.6 Å². The minimum atomic E-state index is -4.71. The van der Waals surface area contributed by atoms with Crippen molar-refractivity contribution in [1.82, 2.24) is 0 Å². The topological polar surface area (TPSA) is 0 Å². The van der Waals surface area contributed by atoms with Crippen molar-refractivity contribution < 1.29 is 35.1 Å². The Morgan fingerprint density at radius 1 is 0.652 bits per heavy atom. The van der Waals surface area contributed by atoms with Crippen LogP contribution in [0.4, 0.5) is 35.1 Å². The normalized spacial score (nSPS) is 11.7. The number of halogens is 9. The quantitative estimate of drug-likeness (QED) is 0.479. The van der Waals surface area contributed by atoms with Crippen molar-refractivity contribution in [3.63, 3.8) is 0 Å². The van der Waals surface area contributed by atoms with Crippen LogP contribution >= 0.6 is 11.6 Å². The van der Waals surface area contributed by atoms with Crippen LogP contribution in [0.5, 0.6) is 0 Å². The Morgan fingerprint density at radius 3 is 1.48 bits per heavy atom. The molecule has 0 atom stereocenters. The smallest absolute Gasteiger partial charge is 0.207 e. The van der Waals surface area contributed by atoms with E-state index >= 15 is 0 Å².